The summed E-state index contributed by atoms with van der Waals surface area (Å²) < 4.78 is 30.7. The molecule has 4 nitrogen and oxygen atoms in total. The SMILES string of the molecule is Cc1cccc(S(=O)(=O)CCCN2CC[C@H]3OCCC[C@@H]3C2)c1. The van der Waals surface area contributed by atoms with E-state index in [-0.39, 0.29) is 5.75 Å². The van der Waals surface area contributed by atoms with Crippen LogP contribution in [-0.4, -0.2) is 51.4 Å². The fraction of sp³-hybridized carbons (Fsp3) is 0.667. The Morgan fingerprint density at radius 3 is 3.00 bits per heavy atom. The van der Waals surface area contributed by atoms with E-state index in [1.54, 1.807) is 12.1 Å². The van der Waals surface area contributed by atoms with E-state index >= 15 is 0 Å². The molecule has 2 heterocycles. The number of ether oxygens (including phenoxy) is 1. The van der Waals surface area contributed by atoms with Crippen LogP contribution in [0.5, 0.6) is 0 Å². The first kappa shape index (κ1) is 16.9. The minimum Gasteiger partial charge on any atom is -0.378 e. The Morgan fingerprint density at radius 1 is 1.30 bits per heavy atom. The van der Waals surface area contributed by atoms with Gasteiger partial charge in [0.25, 0.3) is 0 Å². The molecule has 2 saturated heterocycles. The molecule has 2 fully saturated rings. The second-order valence-corrected chi connectivity index (χ2v) is 9.00. The van der Waals surface area contributed by atoms with Crippen molar-refractivity contribution in [1.29, 1.82) is 0 Å². The lowest BCUT2D eigenvalue weighted by molar-refractivity contribution is -0.0660. The Kier molecular flexibility index (Phi) is 5.39. The summed E-state index contributed by atoms with van der Waals surface area (Å²) in [6, 6.07) is 7.21. The molecule has 1 aromatic carbocycles. The van der Waals surface area contributed by atoms with Crippen LogP contribution in [0.1, 0.15) is 31.2 Å². The number of fused-ring (bicyclic) bond motifs is 1. The molecule has 0 saturated carbocycles. The molecule has 0 N–H and O–H groups in total. The number of aryl methyl sites for hydroxylation is 1. The van der Waals surface area contributed by atoms with E-state index in [9.17, 15) is 8.42 Å². The van der Waals surface area contributed by atoms with Crippen LogP contribution in [0.2, 0.25) is 0 Å². The smallest absolute Gasteiger partial charge is 0.178 e. The number of likely N-dealkylation sites (tertiary alicyclic amines) is 1. The van der Waals surface area contributed by atoms with E-state index < -0.39 is 9.84 Å². The lowest BCUT2D eigenvalue weighted by atomic mass is 9.88. The normalized spacial score (nSPS) is 26.0. The van der Waals surface area contributed by atoms with Gasteiger partial charge in [0.05, 0.1) is 16.8 Å². The van der Waals surface area contributed by atoms with Gasteiger partial charge in [-0.2, -0.15) is 0 Å². The van der Waals surface area contributed by atoms with Gasteiger partial charge in [-0.1, -0.05) is 12.1 Å². The van der Waals surface area contributed by atoms with Crippen molar-refractivity contribution in [3.63, 3.8) is 0 Å². The first-order chi connectivity index (χ1) is 11.0. The molecule has 2 aliphatic heterocycles. The highest BCUT2D eigenvalue weighted by atomic mass is 32.2. The third kappa shape index (κ3) is 4.34. The zero-order chi connectivity index (χ0) is 16.3. The van der Waals surface area contributed by atoms with Crippen molar-refractivity contribution in [3.05, 3.63) is 29.8 Å². The van der Waals surface area contributed by atoms with Crippen molar-refractivity contribution in [2.45, 2.75) is 43.6 Å². The molecule has 0 spiro atoms. The number of sulfone groups is 1. The van der Waals surface area contributed by atoms with Gasteiger partial charge in [0.15, 0.2) is 9.84 Å². The molecule has 0 unspecified atom stereocenters. The molecule has 0 aromatic heterocycles. The van der Waals surface area contributed by atoms with Crippen molar-refractivity contribution in [2.24, 2.45) is 5.92 Å². The summed E-state index contributed by atoms with van der Waals surface area (Å²) in [7, 11) is -3.16. The Labute approximate surface area is 139 Å². The Morgan fingerprint density at radius 2 is 2.17 bits per heavy atom. The Hall–Kier alpha value is -0.910. The summed E-state index contributed by atoms with van der Waals surface area (Å²) in [6.07, 6.45) is 4.65. The molecular formula is C18H27NO3S. The minimum absolute atomic E-state index is 0.234. The highest BCUT2D eigenvalue weighted by Gasteiger charge is 2.31. The predicted octanol–water partition coefficient (Wildman–Crippen LogP) is 2.66. The summed E-state index contributed by atoms with van der Waals surface area (Å²) in [5, 5.41) is 0. The van der Waals surface area contributed by atoms with Crippen LogP contribution in [-0.2, 0) is 14.6 Å². The molecule has 0 bridgehead atoms. The highest BCUT2D eigenvalue weighted by Crippen LogP contribution is 2.28. The van der Waals surface area contributed by atoms with Gasteiger partial charge in [0, 0.05) is 19.7 Å². The molecule has 128 valence electrons. The van der Waals surface area contributed by atoms with E-state index in [0.29, 0.717) is 23.3 Å². The largest absolute Gasteiger partial charge is 0.378 e. The number of benzene rings is 1. The van der Waals surface area contributed by atoms with E-state index in [1.807, 2.05) is 19.1 Å². The summed E-state index contributed by atoms with van der Waals surface area (Å²) in [5.74, 6) is 0.878. The van der Waals surface area contributed by atoms with E-state index in [0.717, 1.165) is 44.6 Å². The second-order valence-electron chi connectivity index (χ2n) is 6.89. The topological polar surface area (TPSA) is 46.6 Å². The lowest BCUT2D eigenvalue weighted by Gasteiger charge is -2.41. The van der Waals surface area contributed by atoms with Crippen LogP contribution in [0.4, 0.5) is 0 Å². The fourth-order valence-corrected chi connectivity index (χ4v) is 5.17. The summed E-state index contributed by atoms with van der Waals surface area (Å²) in [4.78, 5) is 2.87. The average Bonchev–Trinajstić information content (AvgIpc) is 2.54. The zero-order valence-corrected chi connectivity index (χ0v) is 14.7. The van der Waals surface area contributed by atoms with E-state index in [1.165, 1.54) is 6.42 Å². The molecule has 23 heavy (non-hydrogen) atoms. The standard InChI is InChI=1S/C18H27NO3S/c1-15-5-2-7-17(13-15)23(20,21)12-4-9-19-10-8-18-16(14-19)6-3-11-22-18/h2,5,7,13,16,18H,3-4,6,8-12,14H2,1H3/t16-,18-/m1/s1. The summed E-state index contributed by atoms with van der Waals surface area (Å²) >= 11 is 0. The minimum atomic E-state index is -3.16. The van der Waals surface area contributed by atoms with Gasteiger partial charge in [0.2, 0.25) is 0 Å². The number of piperidine rings is 1. The van der Waals surface area contributed by atoms with Crippen molar-refractivity contribution < 1.29 is 13.2 Å². The van der Waals surface area contributed by atoms with Crippen molar-refractivity contribution in [1.82, 2.24) is 4.90 Å². The highest BCUT2D eigenvalue weighted by molar-refractivity contribution is 7.91. The van der Waals surface area contributed by atoms with Crippen LogP contribution >= 0.6 is 0 Å². The average molecular weight is 337 g/mol. The van der Waals surface area contributed by atoms with Crippen LogP contribution in [0.25, 0.3) is 0 Å². The molecule has 3 rings (SSSR count). The van der Waals surface area contributed by atoms with Crippen LogP contribution < -0.4 is 0 Å². The molecular weight excluding hydrogens is 310 g/mol. The van der Waals surface area contributed by atoms with E-state index in [4.69, 9.17) is 4.74 Å². The Bertz CT molecular complexity index is 629. The van der Waals surface area contributed by atoms with Crippen molar-refractivity contribution in [3.8, 4) is 0 Å². The number of hydrogen-bond donors (Lipinski definition) is 0. The van der Waals surface area contributed by atoms with Gasteiger partial charge >= 0.3 is 0 Å². The molecule has 0 aliphatic carbocycles. The first-order valence-electron chi connectivity index (χ1n) is 8.68. The number of rotatable bonds is 5. The molecule has 0 radical (unpaired) electrons. The Balaban J connectivity index is 1.49. The molecule has 2 aliphatic rings. The monoisotopic (exact) mass is 337 g/mol. The molecule has 0 amide bonds. The molecule has 1 aromatic rings. The first-order valence-corrected chi connectivity index (χ1v) is 10.3. The third-order valence-electron chi connectivity index (χ3n) is 5.04. The van der Waals surface area contributed by atoms with Gasteiger partial charge in [-0.25, -0.2) is 8.42 Å². The van der Waals surface area contributed by atoms with Crippen LogP contribution in [0.3, 0.4) is 0 Å². The van der Waals surface area contributed by atoms with Gasteiger partial charge < -0.3 is 9.64 Å². The molecule has 2 atom stereocenters. The maximum absolute atomic E-state index is 12.4. The number of hydrogen-bond acceptors (Lipinski definition) is 4. The number of nitrogens with zero attached hydrogens (tertiary/aromatic N) is 1. The zero-order valence-electron chi connectivity index (χ0n) is 13.9. The fourth-order valence-electron chi connectivity index (χ4n) is 3.77. The third-order valence-corrected chi connectivity index (χ3v) is 6.83. The van der Waals surface area contributed by atoms with Gasteiger partial charge in [0.1, 0.15) is 0 Å². The van der Waals surface area contributed by atoms with Crippen LogP contribution in [0, 0.1) is 12.8 Å². The maximum Gasteiger partial charge on any atom is 0.178 e. The lowest BCUT2D eigenvalue weighted by Crippen LogP contribution is -2.46. The van der Waals surface area contributed by atoms with Gasteiger partial charge in [-0.05, 0) is 62.8 Å². The van der Waals surface area contributed by atoms with Gasteiger partial charge in [-0.3, -0.25) is 0 Å². The van der Waals surface area contributed by atoms with Crippen molar-refractivity contribution >= 4 is 9.84 Å². The molecule has 5 heteroatoms. The van der Waals surface area contributed by atoms with E-state index in [2.05, 4.69) is 4.90 Å². The summed E-state index contributed by atoms with van der Waals surface area (Å²) in [6.45, 7) is 5.81. The second kappa shape index (κ2) is 7.32. The maximum atomic E-state index is 12.4. The summed E-state index contributed by atoms with van der Waals surface area (Å²) in [5.41, 5.74) is 0.991. The van der Waals surface area contributed by atoms with Crippen molar-refractivity contribution in [2.75, 3.05) is 32.0 Å². The predicted molar refractivity (Wildman–Crippen MR) is 91.4 cm³/mol. The van der Waals surface area contributed by atoms with Gasteiger partial charge in [-0.15, -0.1) is 0 Å². The quantitative estimate of drug-likeness (QED) is 0.829. The van der Waals surface area contributed by atoms with Crippen LogP contribution in [0.15, 0.2) is 29.2 Å².